The molecule has 2 aliphatic rings. The van der Waals surface area contributed by atoms with Crippen molar-refractivity contribution < 1.29 is 23.9 Å². The molecule has 136 valence electrons. The number of cyclic esters (lactones) is 1. The largest absolute Gasteiger partial charge is 0.454 e. The Morgan fingerprint density at radius 3 is 2.70 bits per heavy atom. The fraction of sp³-hybridized carbons (Fsp3) is 0.0588. The maximum absolute atomic E-state index is 12.2. The van der Waals surface area contributed by atoms with Crippen LogP contribution in [0.3, 0.4) is 0 Å². The number of benzene rings is 2. The number of nitro groups is 1. The predicted octanol–water partition coefficient (Wildman–Crippen LogP) is 4.08. The predicted molar refractivity (Wildman–Crippen MR) is 99.0 cm³/mol. The first-order valence-electron chi connectivity index (χ1n) is 7.48. The highest BCUT2D eigenvalue weighted by Gasteiger charge is 2.27. The van der Waals surface area contributed by atoms with Crippen molar-refractivity contribution in [3.8, 4) is 11.5 Å². The van der Waals surface area contributed by atoms with Gasteiger partial charge in [-0.05, 0) is 29.8 Å². The molecular formula is C17H8BrClN2O6. The molecule has 0 aromatic heterocycles. The third kappa shape index (κ3) is 3.26. The number of fused-ring (bicyclic) bond motifs is 1. The van der Waals surface area contributed by atoms with Crippen molar-refractivity contribution in [3.63, 3.8) is 0 Å². The Labute approximate surface area is 165 Å². The molecule has 0 saturated carbocycles. The van der Waals surface area contributed by atoms with Crippen LogP contribution in [0, 0.1) is 10.1 Å². The molecule has 0 spiro atoms. The first-order valence-corrected chi connectivity index (χ1v) is 8.65. The summed E-state index contributed by atoms with van der Waals surface area (Å²) in [5, 5.41) is 11.1. The van der Waals surface area contributed by atoms with Gasteiger partial charge in [-0.2, -0.15) is 0 Å². The molecule has 2 aromatic carbocycles. The Morgan fingerprint density at radius 2 is 1.96 bits per heavy atom. The van der Waals surface area contributed by atoms with Gasteiger partial charge in [0.15, 0.2) is 17.2 Å². The quantitative estimate of drug-likeness (QED) is 0.302. The number of esters is 1. The van der Waals surface area contributed by atoms with Crippen LogP contribution in [0.2, 0.25) is 5.02 Å². The average Bonchev–Trinajstić information content (AvgIpc) is 3.22. The Bertz CT molecular complexity index is 1070. The van der Waals surface area contributed by atoms with E-state index in [2.05, 4.69) is 20.9 Å². The van der Waals surface area contributed by atoms with E-state index in [0.717, 1.165) is 0 Å². The summed E-state index contributed by atoms with van der Waals surface area (Å²) in [5.41, 5.74) is 0.616. The van der Waals surface area contributed by atoms with Gasteiger partial charge in [-0.1, -0.05) is 27.5 Å². The molecule has 8 nitrogen and oxygen atoms in total. The van der Waals surface area contributed by atoms with Gasteiger partial charge in [0.25, 0.3) is 5.69 Å². The molecule has 4 rings (SSSR count). The molecule has 27 heavy (non-hydrogen) atoms. The highest BCUT2D eigenvalue weighted by atomic mass is 79.9. The Kier molecular flexibility index (Phi) is 4.33. The molecule has 10 heteroatoms. The molecular weight excluding hydrogens is 444 g/mol. The van der Waals surface area contributed by atoms with Gasteiger partial charge in [0.2, 0.25) is 12.7 Å². The number of rotatable bonds is 3. The number of hydrogen-bond donors (Lipinski definition) is 0. The van der Waals surface area contributed by atoms with E-state index in [1.165, 1.54) is 24.3 Å². The van der Waals surface area contributed by atoms with Crippen LogP contribution in [0.25, 0.3) is 6.08 Å². The van der Waals surface area contributed by atoms with Crippen LogP contribution < -0.4 is 9.47 Å². The zero-order valence-electron chi connectivity index (χ0n) is 13.3. The minimum atomic E-state index is -0.697. The average molecular weight is 452 g/mol. The minimum absolute atomic E-state index is 0.0205. The molecule has 0 unspecified atom stereocenters. The summed E-state index contributed by atoms with van der Waals surface area (Å²) in [7, 11) is 0. The zero-order chi connectivity index (χ0) is 19.1. The molecule has 0 radical (unpaired) electrons. The maximum atomic E-state index is 12.2. The molecule has 2 heterocycles. The van der Waals surface area contributed by atoms with Crippen LogP contribution in [0.5, 0.6) is 11.5 Å². The first kappa shape index (κ1) is 17.5. The second kappa shape index (κ2) is 6.67. The lowest BCUT2D eigenvalue weighted by molar-refractivity contribution is -0.384. The normalized spacial score (nSPS) is 16.4. The summed E-state index contributed by atoms with van der Waals surface area (Å²) < 4.78 is 16.4. The van der Waals surface area contributed by atoms with Crippen LogP contribution >= 0.6 is 27.5 Å². The van der Waals surface area contributed by atoms with Crippen molar-refractivity contribution in [1.82, 2.24) is 0 Å². The van der Waals surface area contributed by atoms with Crippen molar-refractivity contribution in [2.75, 3.05) is 6.79 Å². The molecule has 0 amide bonds. The van der Waals surface area contributed by atoms with Gasteiger partial charge >= 0.3 is 5.97 Å². The Morgan fingerprint density at radius 1 is 1.22 bits per heavy atom. The lowest BCUT2D eigenvalue weighted by Crippen LogP contribution is -2.06. The van der Waals surface area contributed by atoms with Crippen molar-refractivity contribution in [2.24, 2.45) is 4.99 Å². The Balaban J connectivity index is 1.73. The highest BCUT2D eigenvalue weighted by molar-refractivity contribution is 9.10. The number of carbonyl (C=O) groups is 1. The third-order valence-corrected chi connectivity index (χ3v) is 4.81. The van der Waals surface area contributed by atoms with Crippen molar-refractivity contribution in [2.45, 2.75) is 0 Å². The third-order valence-electron chi connectivity index (χ3n) is 3.80. The smallest absolute Gasteiger partial charge is 0.363 e. The molecule has 2 aromatic rings. The van der Waals surface area contributed by atoms with Gasteiger partial charge < -0.3 is 14.2 Å². The number of hydrogen-bond acceptors (Lipinski definition) is 7. The van der Waals surface area contributed by atoms with E-state index < -0.39 is 10.9 Å². The minimum Gasteiger partial charge on any atom is -0.454 e. The number of ether oxygens (including phenoxy) is 3. The van der Waals surface area contributed by atoms with E-state index in [9.17, 15) is 14.9 Å². The lowest BCUT2D eigenvalue weighted by atomic mass is 10.1. The molecule has 0 aliphatic carbocycles. The van der Waals surface area contributed by atoms with Gasteiger partial charge in [0.05, 0.1) is 15.5 Å². The number of nitrogens with zero attached hydrogens (tertiary/aromatic N) is 2. The summed E-state index contributed by atoms with van der Waals surface area (Å²) in [5.74, 6) is 0.335. The fourth-order valence-corrected chi connectivity index (χ4v) is 3.14. The van der Waals surface area contributed by atoms with E-state index in [4.69, 9.17) is 25.8 Å². The van der Waals surface area contributed by atoms with Crippen molar-refractivity contribution in [1.29, 1.82) is 0 Å². The van der Waals surface area contributed by atoms with Crippen molar-refractivity contribution in [3.05, 3.63) is 66.8 Å². The van der Waals surface area contributed by atoms with Gasteiger partial charge in [0.1, 0.15) is 0 Å². The van der Waals surface area contributed by atoms with Crippen LogP contribution in [-0.4, -0.2) is 23.6 Å². The number of non-ortho nitro benzene ring substituents is 1. The van der Waals surface area contributed by atoms with Crippen LogP contribution in [-0.2, 0) is 9.53 Å². The van der Waals surface area contributed by atoms with E-state index in [1.807, 2.05) is 0 Å². The zero-order valence-corrected chi connectivity index (χ0v) is 15.6. The number of carbonyl (C=O) groups excluding carboxylic acids is 1. The maximum Gasteiger partial charge on any atom is 0.363 e. The molecule has 0 bridgehead atoms. The topological polar surface area (TPSA) is 100 Å². The van der Waals surface area contributed by atoms with E-state index in [1.54, 1.807) is 12.1 Å². The van der Waals surface area contributed by atoms with E-state index in [0.29, 0.717) is 21.5 Å². The molecule has 0 N–H and O–H groups in total. The SMILES string of the molecule is O=C1OC(c2cc([N+](=O)[O-])ccc2Cl)=NC1=Cc1cc2c(cc1Br)OCO2. The molecule has 0 fully saturated rings. The Hall–Kier alpha value is -2.91. The summed E-state index contributed by atoms with van der Waals surface area (Å²) in [6.07, 6.45) is 1.51. The number of aliphatic imine (C=N–C) groups is 1. The molecule has 0 saturated heterocycles. The summed E-state index contributed by atoms with van der Waals surface area (Å²) in [6, 6.07) is 7.22. The highest BCUT2D eigenvalue weighted by Crippen LogP contribution is 2.38. The standard InChI is InChI=1S/C17H8BrClN2O6/c18-11-6-15-14(25-7-26-15)4-8(11)3-13-17(22)27-16(20-13)10-5-9(21(23)24)1-2-12(10)19/h1-6H,7H2. The molecule has 0 atom stereocenters. The summed E-state index contributed by atoms with van der Waals surface area (Å²) in [4.78, 5) is 26.7. The fourth-order valence-electron chi connectivity index (χ4n) is 2.51. The van der Waals surface area contributed by atoms with E-state index in [-0.39, 0.29) is 34.7 Å². The first-order chi connectivity index (χ1) is 12.9. The van der Waals surface area contributed by atoms with Crippen LogP contribution in [0.15, 0.2) is 45.5 Å². The summed E-state index contributed by atoms with van der Waals surface area (Å²) >= 11 is 9.47. The van der Waals surface area contributed by atoms with Crippen LogP contribution in [0.4, 0.5) is 5.69 Å². The lowest BCUT2D eigenvalue weighted by Gasteiger charge is -2.02. The van der Waals surface area contributed by atoms with Gasteiger partial charge in [-0.25, -0.2) is 9.79 Å². The second-order valence-corrected chi connectivity index (χ2v) is 6.75. The molecule has 2 aliphatic heterocycles. The number of nitro benzene ring substituents is 1. The monoisotopic (exact) mass is 450 g/mol. The van der Waals surface area contributed by atoms with Crippen molar-refractivity contribution >= 4 is 51.2 Å². The van der Waals surface area contributed by atoms with Gasteiger partial charge in [0, 0.05) is 16.6 Å². The second-order valence-electron chi connectivity index (χ2n) is 5.48. The van der Waals surface area contributed by atoms with Gasteiger partial charge in [-0.3, -0.25) is 10.1 Å². The number of halogens is 2. The van der Waals surface area contributed by atoms with Gasteiger partial charge in [-0.15, -0.1) is 0 Å². The summed E-state index contributed by atoms with van der Waals surface area (Å²) in [6.45, 7) is 0.122. The van der Waals surface area contributed by atoms with Crippen LogP contribution in [0.1, 0.15) is 11.1 Å². The van der Waals surface area contributed by atoms with E-state index >= 15 is 0 Å².